The SMILES string of the molecule is Cn1cc(S(=O)(=O)NCCc2ccccc2F)c(=O)n(C)c1=O. The largest absolute Gasteiger partial charge is 0.330 e. The van der Waals surface area contributed by atoms with Crippen LogP contribution in [-0.4, -0.2) is 24.1 Å². The Kier molecular flexibility index (Phi) is 4.81. The van der Waals surface area contributed by atoms with Crippen LogP contribution in [-0.2, 0) is 30.5 Å². The van der Waals surface area contributed by atoms with Gasteiger partial charge in [-0.25, -0.2) is 22.3 Å². The normalized spacial score (nSPS) is 11.6. The lowest BCUT2D eigenvalue weighted by molar-refractivity contribution is 0.568. The molecule has 0 saturated carbocycles. The van der Waals surface area contributed by atoms with Crippen LogP contribution in [0.1, 0.15) is 5.56 Å². The van der Waals surface area contributed by atoms with Crippen molar-refractivity contribution in [3.05, 3.63) is 62.7 Å². The van der Waals surface area contributed by atoms with E-state index in [-0.39, 0.29) is 13.0 Å². The summed E-state index contributed by atoms with van der Waals surface area (Å²) < 4.78 is 41.9. The lowest BCUT2D eigenvalue weighted by atomic mass is 10.1. The van der Waals surface area contributed by atoms with E-state index < -0.39 is 32.0 Å². The summed E-state index contributed by atoms with van der Waals surface area (Å²) in [6, 6.07) is 6.02. The number of halogens is 1. The molecule has 0 radical (unpaired) electrons. The quantitative estimate of drug-likeness (QED) is 0.812. The van der Waals surface area contributed by atoms with Gasteiger partial charge in [0.1, 0.15) is 5.82 Å². The Morgan fingerprint density at radius 2 is 1.83 bits per heavy atom. The molecule has 0 saturated heterocycles. The zero-order chi connectivity index (χ0) is 17.2. The third-order valence-corrected chi connectivity index (χ3v) is 4.79. The molecule has 0 aliphatic carbocycles. The van der Waals surface area contributed by atoms with Crippen molar-refractivity contribution in [2.45, 2.75) is 11.3 Å². The predicted octanol–water partition coefficient (Wildman–Crippen LogP) is -0.256. The van der Waals surface area contributed by atoms with E-state index in [4.69, 9.17) is 0 Å². The number of hydrogen-bond donors (Lipinski definition) is 1. The predicted molar refractivity (Wildman–Crippen MR) is 82.2 cm³/mol. The van der Waals surface area contributed by atoms with Gasteiger partial charge in [0.05, 0.1) is 0 Å². The molecule has 0 unspecified atom stereocenters. The summed E-state index contributed by atoms with van der Waals surface area (Å²) in [5, 5.41) is 0. The van der Waals surface area contributed by atoms with Crippen molar-refractivity contribution < 1.29 is 12.8 Å². The number of rotatable bonds is 5. The number of benzene rings is 1. The van der Waals surface area contributed by atoms with Gasteiger partial charge in [-0.05, 0) is 18.1 Å². The molecule has 0 amide bonds. The molecule has 0 aliphatic heterocycles. The van der Waals surface area contributed by atoms with Crippen LogP contribution in [0.25, 0.3) is 0 Å². The highest BCUT2D eigenvalue weighted by atomic mass is 32.2. The maximum Gasteiger partial charge on any atom is 0.330 e. The van der Waals surface area contributed by atoms with Gasteiger partial charge in [0.2, 0.25) is 10.0 Å². The molecule has 9 heteroatoms. The Balaban J connectivity index is 2.22. The van der Waals surface area contributed by atoms with Gasteiger partial charge >= 0.3 is 5.69 Å². The molecular weight excluding hydrogens is 325 g/mol. The number of hydrogen-bond acceptors (Lipinski definition) is 4. The highest BCUT2D eigenvalue weighted by molar-refractivity contribution is 7.89. The van der Waals surface area contributed by atoms with Crippen molar-refractivity contribution in [3.63, 3.8) is 0 Å². The third-order valence-electron chi connectivity index (χ3n) is 3.35. The summed E-state index contributed by atoms with van der Waals surface area (Å²) in [6.07, 6.45) is 1.11. The highest BCUT2D eigenvalue weighted by Gasteiger charge is 2.21. The summed E-state index contributed by atoms with van der Waals surface area (Å²) in [5.41, 5.74) is -1.17. The second-order valence-corrected chi connectivity index (χ2v) is 6.73. The molecule has 0 atom stereocenters. The van der Waals surface area contributed by atoms with Gasteiger partial charge in [0.15, 0.2) is 4.90 Å². The Bertz CT molecular complexity index is 947. The Morgan fingerprint density at radius 3 is 2.48 bits per heavy atom. The summed E-state index contributed by atoms with van der Waals surface area (Å²) in [7, 11) is -1.56. The highest BCUT2D eigenvalue weighted by Crippen LogP contribution is 2.07. The Labute approximate surface area is 132 Å². The minimum absolute atomic E-state index is 0.0741. The number of nitrogens with zero attached hydrogens (tertiary/aromatic N) is 2. The van der Waals surface area contributed by atoms with Gasteiger partial charge in [0, 0.05) is 26.8 Å². The first-order valence-corrected chi connectivity index (χ1v) is 8.22. The van der Waals surface area contributed by atoms with E-state index in [1.165, 1.54) is 26.2 Å². The van der Waals surface area contributed by atoms with E-state index in [2.05, 4.69) is 4.72 Å². The van der Waals surface area contributed by atoms with Gasteiger partial charge in [-0.15, -0.1) is 0 Å². The van der Waals surface area contributed by atoms with Crippen LogP contribution >= 0.6 is 0 Å². The van der Waals surface area contributed by atoms with Crippen LogP contribution in [0.3, 0.4) is 0 Å². The molecule has 2 aromatic rings. The van der Waals surface area contributed by atoms with Crippen molar-refractivity contribution >= 4 is 10.0 Å². The molecule has 7 nitrogen and oxygen atoms in total. The zero-order valence-electron chi connectivity index (χ0n) is 12.6. The van der Waals surface area contributed by atoms with Crippen LogP contribution in [0, 0.1) is 5.82 Å². The van der Waals surface area contributed by atoms with Crippen LogP contribution in [0.2, 0.25) is 0 Å². The number of aryl methyl sites for hydroxylation is 1. The molecular formula is C14H16FN3O4S. The molecule has 0 aliphatic rings. The van der Waals surface area contributed by atoms with Crippen molar-refractivity contribution in [1.82, 2.24) is 13.9 Å². The molecule has 1 aromatic heterocycles. The van der Waals surface area contributed by atoms with Crippen molar-refractivity contribution in [1.29, 1.82) is 0 Å². The second kappa shape index (κ2) is 6.47. The second-order valence-electron chi connectivity index (χ2n) is 4.99. The summed E-state index contributed by atoms with van der Waals surface area (Å²) in [5.74, 6) is -0.426. The van der Waals surface area contributed by atoms with E-state index in [0.717, 1.165) is 10.8 Å². The Hall–Kier alpha value is -2.26. The van der Waals surface area contributed by atoms with Crippen LogP contribution in [0.5, 0.6) is 0 Å². The summed E-state index contributed by atoms with van der Waals surface area (Å²) in [6.45, 7) is -0.0741. The molecule has 0 spiro atoms. The van der Waals surface area contributed by atoms with Crippen LogP contribution in [0.15, 0.2) is 44.9 Å². The van der Waals surface area contributed by atoms with E-state index in [1.807, 2.05) is 0 Å². The molecule has 1 N–H and O–H groups in total. The fourth-order valence-electron chi connectivity index (χ4n) is 2.06. The summed E-state index contributed by atoms with van der Waals surface area (Å²) >= 11 is 0. The third kappa shape index (κ3) is 3.57. The van der Waals surface area contributed by atoms with Crippen LogP contribution in [0.4, 0.5) is 4.39 Å². The average molecular weight is 341 g/mol. The minimum Gasteiger partial charge on any atom is -0.302 e. The molecule has 2 rings (SSSR count). The monoisotopic (exact) mass is 341 g/mol. The van der Waals surface area contributed by atoms with Gasteiger partial charge in [0.25, 0.3) is 5.56 Å². The maximum absolute atomic E-state index is 13.5. The number of aromatic nitrogens is 2. The molecule has 23 heavy (non-hydrogen) atoms. The topological polar surface area (TPSA) is 90.2 Å². The van der Waals surface area contributed by atoms with E-state index in [9.17, 15) is 22.4 Å². The van der Waals surface area contributed by atoms with E-state index in [0.29, 0.717) is 10.1 Å². The van der Waals surface area contributed by atoms with Gasteiger partial charge < -0.3 is 4.57 Å². The smallest absolute Gasteiger partial charge is 0.302 e. The first-order chi connectivity index (χ1) is 10.7. The lowest BCUT2D eigenvalue weighted by Crippen LogP contribution is -2.41. The van der Waals surface area contributed by atoms with Crippen molar-refractivity contribution in [2.24, 2.45) is 14.1 Å². The number of sulfonamides is 1. The molecule has 0 bridgehead atoms. The molecule has 1 aromatic carbocycles. The van der Waals surface area contributed by atoms with E-state index >= 15 is 0 Å². The molecule has 124 valence electrons. The average Bonchev–Trinajstić information content (AvgIpc) is 2.50. The molecule has 0 fully saturated rings. The van der Waals surface area contributed by atoms with Crippen molar-refractivity contribution in [2.75, 3.05) is 6.54 Å². The summed E-state index contributed by atoms with van der Waals surface area (Å²) in [4.78, 5) is 23.0. The minimum atomic E-state index is -4.10. The first-order valence-electron chi connectivity index (χ1n) is 6.74. The standard InChI is InChI=1S/C14H16FN3O4S/c1-17-9-12(13(19)18(2)14(17)20)23(21,22)16-8-7-10-5-3-4-6-11(10)15/h3-6,9,16H,7-8H2,1-2H3. The number of nitrogens with one attached hydrogen (secondary N) is 1. The van der Waals surface area contributed by atoms with Crippen molar-refractivity contribution in [3.8, 4) is 0 Å². The molecule has 1 heterocycles. The fourth-order valence-corrected chi connectivity index (χ4v) is 3.25. The van der Waals surface area contributed by atoms with Gasteiger partial charge in [-0.1, -0.05) is 18.2 Å². The lowest BCUT2D eigenvalue weighted by Gasteiger charge is -2.09. The zero-order valence-corrected chi connectivity index (χ0v) is 13.4. The van der Waals surface area contributed by atoms with Crippen LogP contribution < -0.4 is 16.0 Å². The first kappa shape index (κ1) is 17.1. The Morgan fingerprint density at radius 1 is 1.17 bits per heavy atom. The van der Waals surface area contributed by atoms with Gasteiger partial charge in [-0.3, -0.25) is 9.36 Å². The fraction of sp³-hybridized carbons (Fsp3) is 0.286. The van der Waals surface area contributed by atoms with Gasteiger partial charge in [-0.2, -0.15) is 0 Å². The maximum atomic E-state index is 13.5. The van der Waals surface area contributed by atoms with E-state index in [1.54, 1.807) is 12.1 Å².